The number of benzene rings is 2. The Kier molecular flexibility index (Phi) is 6.15. The third-order valence-electron chi connectivity index (χ3n) is 4.92. The van der Waals surface area contributed by atoms with Gasteiger partial charge < -0.3 is 10.2 Å². The van der Waals surface area contributed by atoms with Crippen molar-refractivity contribution in [1.82, 2.24) is 4.90 Å². The number of piperazine rings is 1. The second-order valence-corrected chi connectivity index (χ2v) is 7.09. The molecule has 1 N–H and O–H groups in total. The van der Waals surface area contributed by atoms with Gasteiger partial charge >= 0.3 is 6.18 Å². The molecule has 1 atom stereocenters. The van der Waals surface area contributed by atoms with Crippen molar-refractivity contribution in [2.75, 3.05) is 36.4 Å². The number of nitrogens with zero attached hydrogens (tertiary/aromatic N) is 2. The molecule has 0 spiro atoms. The first-order valence-electron chi connectivity index (χ1n) is 8.98. The average Bonchev–Trinajstić information content (AvgIpc) is 2.67. The Balaban J connectivity index is 1.62. The number of alkyl halides is 3. The average molecular weight is 412 g/mol. The van der Waals surface area contributed by atoms with Crippen LogP contribution in [-0.4, -0.2) is 43.0 Å². The number of hydrogen-bond donors (Lipinski definition) is 1. The summed E-state index contributed by atoms with van der Waals surface area (Å²) in [5, 5.41) is 3.10. The zero-order valence-corrected chi connectivity index (χ0v) is 16.1. The van der Waals surface area contributed by atoms with Crippen molar-refractivity contribution in [2.24, 2.45) is 0 Å². The molecule has 28 heavy (non-hydrogen) atoms. The summed E-state index contributed by atoms with van der Waals surface area (Å²) >= 11 is 6.24. The minimum Gasteiger partial charge on any atom is -0.368 e. The first kappa shape index (κ1) is 20.5. The van der Waals surface area contributed by atoms with Crippen LogP contribution < -0.4 is 10.2 Å². The number of carbonyl (C=O) groups excluding carboxylic acids is 1. The molecule has 1 saturated heterocycles. The molecule has 1 fully saturated rings. The van der Waals surface area contributed by atoms with Gasteiger partial charge in [-0.2, -0.15) is 13.2 Å². The van der Waals surface area contributed by atoms with Gasteiger partial charge in [0.15, 0.2) is 0 Å². The molecule has 1 amide bonds. The van der Waals surface area contributed by atoms with Crippen molar-refractivity contribution in [3.8, 4) is 0 Å². The molecule has 3 rings (SSSR count). The first-order valence-corrected chi connectivity index (χ1v) is 9.36. The standard InChI is InChI=1S/C20H21ClF3N3O/c1-14(19(28)25-17-8-4-2-6-15(17)20(22,23)24)26-10-12-27(13-11-26)18-9-5-3-7-16(18)21/h2-9,14H,10-13H2,1H3,(H,25,28). The molecule has 2 aromatic carbocycles. The molecule has 2 aromatic rings. The predicted octanol–water partition coefficient (Wildman–Crippen LogP) is 4.51. The highest BCUT2D eigenvalue weighted by atomic mass is 35.5. The molecular formula is C20H21ClF3N3O. The van der Waals surface area contributed by atoms with E-state index >= 15 is 0 Å². The third-order valence-corrected chi connectivity index (χ3v) is 5.24. The summed E-state index contributed by atoms with van der Waals surface area (Å²) in [7, 11) is 0. The Labute approximate surface area is 166 Å². The van der Waals surface area contributed by atoms with E-state index in [9.17, 15) is 18.0 Å². The van der Waals surface area contributed by atoms with Gasteiger partial charge in [0.1, 0.15) is 0 Å². The van der Waals surface area contributed by atoms with E-state index in [-0.39, 0.29) is 5.69 Å². The second kappa shape index (κ2) is 8.41. The van der Waals surface area contributed by atoms with Gasteiger partial charge in [-0.25, -0.2) is 0 Å². The number of anilines is 2. The molecule has 1 aliphatic rings. The van der Waals surface area contributed by atoms with Crippen LogP contribution >= 0.6 is 11.6 Å². The maximum Gasteiger partial charge on any atom is 0.418 e. The van der Waals surface area contributed by atoms with E-state index in [2.05, 4.69) is 10.2 Å². The Morgan fingerprint density at radius 2 is 1.64 bits per heavy atom. The maximum absolute atomic E-state index is 13.1. The monoisotopic (exact) mass is 411 g/mol. The van der Waals surface area contributed by atoms with E-state index in [0.717, 1.165) is 11.8 Å². The summed E-state index contributed by atoms with van der Waals surface area (Å²) in [5.41, 5.74) is -0.124. The fourth-order valence-corrected chi connectivity index (χ4v) is 3.56. The van der Waals surface area contributed by atoms with Gasteiger partial charge in [-0.1, -0.05) is 35.9 Å². The zero-order valence-electron chi connectivity index (χ0n) is 15.3. The number of halogens is 4. The molecule has 0 aliphatic carbocycles. The van der Waals surface area contributed by atoms with Crippen LogP contribution in [0, 0.1) is 0 Å². The van der Waals surface area contributed by atoms with E-state index in [4.69, 9.17) is 11.6 Å². The molecule has 0 radical (unpaired) electrons. The van der Waals surface area contributed by atoms with Crippen LogP contribution in [0.4, 0.5) is 24.5 Å². The van der Waals surface area contributed by atoms with Crippen LogP contribution in [0.15, 0.2) is 48.5 Å². The fourth-order valence-electron chi connectivity index (χ4n) is 3.30. The van der Waals surface area contributed by atoms with E-state index in [1.807, 2.05) is 29.2 Å². The molecule has 1 heterocycles. The lowest BCUT2D eigenvalue weighted by Gasteiger charge is -2.38. The normalized spacial score (nSPS) is 16.7. The fraction of sp³-hybridized carbons (Fsp3) is 0.350. The number of carbonyl (C=O) groups is 1. The van der Waals surface area contributed by atoms with Gasteiger partial charge in [-0.15, -0.1) is 0 Å². The van der Waals surface area contributed by atoms with Crippen LogP contribution in [0.3, 0.4) is 0 Å². The molecule has 150 valence electrons. The van der Waals surface area contributed by atoms with Crippen molar-refractivity contribution >= 4 is 28.9 Å². The summed E-state index contributed by atoms with van der Waals surface area (Å²) in [6.07, 6.45) is -4.52. The lowest BCUT2D eigenvalue weighted by atomic mass is 10.1. The Hall–Kier alpha value is -2.25. The lowest BCUT2D eigenvalue weighted by molar-refractivity contribution is -0.137. The second-order valence-electron chi connectivity index (χ2n) is 6.68. The van der Waals surface area contributed by atoms with Gasteiger partial charge in [0.2, 0.25) is 5.91 Å². The first-order chi connectivity index (χ1) is 13.3. The largest absolute Gasteiger partial charge is 0.418 e. The topological polar surface area (TPSA) is 35.6 Å². The molecular weight excluding hydrogens is 391 g/mol. The summed E-state index contributed by atoms with van der Waals surface area (Å²) in [6, 6.07) is 12.0. The van der Waals surface area contributed by atoms with Crippen molar-refractivity contribution in [1.29, 1.82) is 0 Å². The SMILES string of the molecule is CC(C(=O)Nc1ccccc1C(F)(F)F)N1CCN(c2ccccc2Cl)CC1. The van der Waals surface area contributed by atoms with Gasteiger partial charge in [-0.05, 0) is 31.2 Å². The van der Waals surface area contributed by atoms with Crippen LogP contribution in [-0.2, 0) is 11.0 Å². The van der Waals surface area contributed by atoms with Crippen LogP contribution in [0.25, 0.3) is 0 Å². The highest BCUT2D eigenvalue weighted by Gasteiger charge is 2.34. The molecule has 0 aromatic heterocycles. The molecule has 8 heteroatoms. The number of para-hydroxylation sites is 2. The van der Waals surface area contributed by atoms with Crippen LogP contribution in [0.1, 0.15) is 12.5 Å². The summed E-state index contributed by atoms with van der Waals surface area (Å²) in [6.45, 7) is 4.29. The number of nitrogens with one attached hydrogen (secondary N) is 1. The van der Waals surface area contributed by atoms with Gasteiger partial charge in [0.25, 0.3) is 0 Å². The van der Waals surface area contributed by atoms with Crippen molar-refractivity contribution in [2.45, 2.75) is 19.1 Å². The van der Waals surface area contributed by atoms with Crippen LogP contribution in [0.2, 0.25) is 5.02 Å². The number of amides is 1. The number of rotatable bonds is 4. The van der Waals surface area contributed by atoms with Crippen molar-refractivity contribution < 1.29 is 18.0 Å². The Bertz CT molecular complexity index is 835. The summed E-state index contributed by atoms with van der Waals surface area (Å²) in [5.74, 6) is -0.456. The van der Waals surface area contributed by atoms with E-state index in [1.54, 1.807) is 6.92 Å². The Morgan fingerprint density at radius 3 is 2.29 bits per heavy atom. The van der Waals surface area contributed by atoms with Crippen molar-refractivity contribution in [3.05, 3.63) is 59.1 Å². The highest BCUT2D eigenvalue weighted by molar-refractivity contribution is 6.33. The zero-order chi connectivity index (χ0) is 20.3. The number of hydrogen-bond acceptors (Lipinski definition) is 3. The van der Waals surface area contributed by atoms with Gasteiger partial charge in [0, 0.05) is 26.2 Å². The van der Waals surface area contributed by atoms with E-state index in [0.29, 0.717) is 31.2 Å². The predicted molar refractivity (Wildman–Crippen MR) is 105 cm³/mol. The third kappa shape index (κ3) is 4.59. The summed E-state index contributed by atoms with van der Waals surface area (Å²) < 4.78 is 39.3. The van der Waals surface area contributed by atoms with Crippen LogP contribution in [0.5, 0.6) is 0 Å². The quantitative estimate of drug-likeness (QED) is 0.804. The lowest BCUT2D eigenvalue weighted by Crippen LogP contribution is -2.53. The molecule has 1 aliphatic heterocycles. The minimum absolute atomic E-state index is 0.221. The van der Waals surface area contributed by atoms with E-state index in [1.165, 1.54) is 18.2 Å². The smallest absolute Gasteiger partial charge is 0.368 e. The van der Waals surface area contributed by atoms with Crippen molar-refractivity contribution in [3.63, 3.8) is 0 Å². The van der Waals surface area contributed by atoms with Gasteiger partial charge in [-0.3, -0.25) is 9.69 Å². The summed E-state index contributed by atoms with van der Waals surface area (Å²) in [4.78, 5) is 16.6. The molecule has 0 bridgehead atoms. The highest BCUT2D eigenvalue weighted by Crippen LogP contribution is 2.34. The molecule has 4 nitrogen and oxygen atoms in total. The molecule has 0 saturated carbocycles. The van der Waals surface area contributed by atoms with E-state index < -0.39 is 23.7 Å². The minimum atomic E-state index is -4.52. The Morgan fingerprint density at radius 1 is 1.04 bits per heavy atom. The van der Waals surface area contributed by atoms with Gasteiger partial charge in [0.05, 0.1) is 28.0 Å². The molecule has 1 unspecified atom stereocenters. The maximum atomic E-state index is 13.1.